The van der Waals surface area contributed by atoms with Crippen molar-refractivity contribution >= 4 is 12.6 Å². The Morgan fingerprint density at radius 2 is 1.86 bits per heavy atom. The minimum absolute atomic E-state index is 0.0628. The highest BCUT2D eigenvalue weighted by Crippen LogP contribution is 2.22. The van der Waals surface area contributed by atoms with Crippen LogP contribution >= 0.6 is 12.6 Å². The molecule has 1 heterocycles. The number of aliphatic hydroxyl groups is 1. The molecule has 0 saturated carbocycles. The van der Waals surface area contributed by atoms with Crippen LogP contribution in [-0.2, 0) is 18.9 Å². The molecule has 0 aromatic rings. The number of ether oxygens (including phenoxy) is 4. The molecule has 6 heteroatoms. The predicted molar refractivity (Wildman–Crippen MR) is 89.2 cm³/mol. The minimum Gasteiger partial charge on any atom is -0.396 e. The Labute approximate surface area is 140 Å². The van der Waals surface area contributed by atoms with Gasteiger partial charge in [0.05, 0.1) is 25.4 Å². The molecule has 0 spiro atoms. The first kappa shape index (κ1) is 20.2. The molecule has 0 radical (unpaired) electrons. The second-order valence-electron chi connectivity index (χ2n) is 6.52. The van der Waals surface area contributed by atoms with Gasteiger partial charge in [0.1, 0.15) is 4.93 Å². The first-order valence-electron chi connectivity index (χ1n) is 8.19. The topological polar surface area (TPSA) is 57.2 Å². The summed E-state index contributed by atoms with van der Waals surface area (Å²) in [6.07, 6.45) is 4.48. The van der Waals surface area contributed by atoms with Crippen LogP contribution in [-0.4, -0.2) is 55.0 Å². The molecule has 0 aliphatic carbocycles. The number of hydrogen-bond donors (Lipinski definition) is 2. The average molecular weight is 336 g/mol. The van der Waals surface area contributed by atoms with Crippen molar-refractivity contribution < 1.29 is 24.1 Å². The van der Waals surface area contributed by atoms with Gasteiger partial charge in [-0.15, -0.1) is 12.6 Å². The smallest absolute Gasteiger partial charge is 0.157 e. The number of hydrogen-bond acceptors (Lipinski definition) is 6. The molecule has 0 bridgehead atoms. The zero-order chi connectivity index (χ0) is 16.5. The van der Waals surface area contributed by atoms with Gasteiger partial charge in [-0.25, -0.2) is 0 Å². The van der Waals surface area contributed by atoms with Gasteiger partial charge < -0.3 is 24.1 Å². The summed E-state index contributed by atoms with van der Waals surface area (Å²) in [7, 11) is 0. The molecule has 2 atom stereocenters. The highest BCUT2D eigenvalue weighted by atomic mass is 32.1. The summed E-state index contributed by atoms with van der Waals surface area (Å²) in [5, 5.41) is 8.93. The lowest BCUT2D eigenvalue weighted by Crippen LogP contribution is -2.32. The molecule has 22 heavy (non-hydrogen) atoms. The highest BCUT2D eigenvalue weighted by Gasteiger charge is 2.23. The summed E-state index contributed by atoms with van der Waals surface area (Å²) >= 11 is 4.38. The molecule has 132 valence electrons. The van der Waals surface area contributed by atoms with E-state index in [1.54, 1.807) is 0 Å². The fourth-order valence-electron chi connectivity index (χ4n) is 2.21. The largest absolute Gasteiger partial charge is 0.396 e. The number of rotatable bonds is 11. The van der Waals surface area contributed by atoms with Crippen molar-refractivity contribution in [3.8, 4) is 0 Å². The molecule has 1 rings (SSSR count). The monoisotopic (exact) mass is 336 g/mol. The Morgan fingerprint density at radius 1 is 1.09 bits per heavy atom. The summed E-state index contributed by atoms with van der Waals surface area (Å²) in [5.74, 6) is 0. The Hall–Kier alpha value is 0.150. The minimum atomic E-state index is -0.591. The quantitative estimate of drug-likeness (QED) is 0.345. The van der Waals surface area contributed by atoms with E-state index in [1.165, 1.54) is 6.42 Å². The third kappa shape index (κ3) is 9.33. The summed E-state index contributed by atoms with van der Waals surface area (Å²) < 4.78 is 22.7. The van der Waals surface area contributed by atoms with Crippen LogP contribution in [0.1, 0.15) is 52.9 Å². The van der Waals surface area contributed by atoms with Crippen molar-refractivity contribution in [2.75, 3.05) is 33.0 Å². The fraction of sp³-hybridized carbons (Fsp3) is 1.00. The van der Waals surface area contributed by atoms with Crippen LogP contribution in [0.15, 0.2) is 0 Å². The summed E-state index contributed by atoms with van der Waals surface area (Å²) in [6, 6.07) is 0. The van der Waals surface area contributed by atoms with Crippen molar-refractivity contribution in [1.82, 2.24) is 0 Å². The molecular formula is C16H32O5S. The van der Waals surface area contributed by atoms with Crippen LogP contribution in [0.3, 0.4) is 0 Å². The molecule has 2 unspecified atom stereocenters. The van der Waals surface area contributed by atoms with Crippen LogP contribution in [0.4, 0.5) is 0 Å². The van der Waals surface area contributed by atoms with Crippen LogP contribution in [0.25, 0.3) is 0 Å². The van der Waals surface area contributed by atoms with Gasteiger partial charge in [0.25, 0.3) is 0 Å². The predicted octanol–water partition coefficient (Wildman–Crippen LogP) is 2.76. The Balaban J connectivity index is 2.09. The van der Waals surface area contributed by atoms with Gasteiger partial charge in [-0.2, -0.15) is 0 Å². The van der Waals surface area contributed by atoms with Crippen LogP contribution in [0.5, 0.6) is 0 Å². The van der Waals surface area contributed by atoms with Gasteiger partial charge in [0, 0.05) is 19.6 Å². The van der Waals surface area contributed by atoms with E-state index in [1.807, 2.05) is 20.8 Å². The number of aliphatic hydroxyl groups excluding tert-OH is 1. The molecule has 0 aromatic heterocycles. The lowest BCUT2D eigenvalue weighted by Gasteiger charge is -2.29. The fourth-order valence-corrected chi connectivity index (χ4v) is 2.40. The molecular weight excluding hydrogens is 304 g/mol. The van der Waals surface area contributed by atoms with Gasteiger partial charge in [-0.05, 0) is 46.5 Å². The SMILES string of the molecule is CC(C)(CCOC(C)(S)CCO)OCCOC1CCCCO1. The Morgan fingerprint density at radius 3 is 2.50 bits per heavy atom. The lowest BCUT2D eigenvalue weighted by molar-refractivity contribution is -0.176. The summed E-state index contributed by atoms with van der Waals surface area (Å²) in [5.41, 5.74) is -0.278. The van der Waals surface area contributed by atoms with Crippen LogP contribution in [0, 0.1) is 0 Å². The maximum atomic E-state index is 8.93. The normalized spacial score (nSPS) is 22.5. The first-order valence-corrected chi connectivity index (χ1v) is 8.64. The zero-order valence-electron chi connectivity index (χ0n) is 14.2. The maximum Gasteiger partial charge on any atom is 0.157 e. The van der Waals surface area contributed by atoms with E-state index in [9.17, 15) is 0 Å². The van der Waals surface area contributed by atoms with Crippen molar-refractivity contribution in [3.05, 3.63) is 0 Å². The van der Waals surface area contributed by atoms with E-state index in [-0.39, 0.29) is 18.5 Å². The van der Waals surface area contributed by atoms with E-state index < -0.39 is 4.93 Å². The standard InChI is InChI=1S/C16H32O5S/c1-15(2,8-11-21-16(3,22)7-9-17)20-13-12-19-14-6-4-5-10-18-14/h14,17,22H,4-13H2,1-3H3. The Kier molecular flexibility index (Phi) is 9.28. The molecule has 1 aliphatic heterocycles. The third-order valence-corrected chi connectivity index (χ3v) is 4.06. The molecule has 1 N–H and O–H groups in total. The second kappa shape index (κ2) is 10.1. The van der Waals surface area contributed by atoms with Crippen molar-refractivity contribution in [3.63, 3.8) is 0 Å². The lowest BCUT2D eigenvalue weighted by atomic mass is 10.1. The molecule has 1 fully saturated rings. The van der Waals surface area contributed by atoms with Crippen molar-refractivity contribution in [2.24, 2.45) is 0 Å². The van der Waals surface area contributed by atoms with Gasteiger partial charge >= 0.3 is 0 Å². The average Bonchev–Trinajstić information content (AvgIpc) is 2.44. The second-order valence-corrected chi connectivity index (χ2v) is 7.47. The van der Waals surface area contributed by atoms with Crippen molar-refractivity contribution in [1.29, 1.82) is 0 Å². The summed E-state index contributed by atoms with van der Waals surface area (Å²) in [6.45, 7) is 8.43. The molecule has 5 nitrogen and oxygen atoms in total. The van der Waals surface area contributed by atoms with E-state index in [0.29, 0.717) is 26.2 Å². The highest BCUT2D eigenvalue weighted by molar-refractivity contribution is 7.81. The summed E-state index contributed by atoms with van der Waals surface area (Å²) in [4.78, 5) is -0.591. The maximum absolute atomic E-state index is 8.93. The van der Waals surface area contributed by atoms with Crippen molar-refractivity contribution in [2.45, 2.75) is 69.7 Å². The van der Waals surface area contributed by atoms with E-state index in [4.69, 9.17) is 24.1 Å². The Bertz CT molecular complexity index is 290. The molecule has 1 saturated heterocycles. The van der Waals surface area contributed by atoms with E-state index >= 15 is 0 Å². The molecule has 0 aromatic carbocycles. The zero-order valence-corrected chi connectivity index (χ0v) is 15.1. The van der Waals surface area contributed by atoms with Gasteiger partial charge in [0.2, 0.25) is 0 Å². The van der Waals surface area contributed by atoms with E-state index in [0.717, 1.165) is 25.9 Å². The van der Waals surface area contributed by atoms with E-state index in [2.05, 4.69) is 12.6 Å². The van der Waals surface area contributed by atoms with Gasteiger partial charge in [0.15, 0.2) is 6.29 Å². The molecule has 0 amide bonds. The van der Waals surface area contributed by atoms with Gasteiger partial charge in [-0.1, -0.05) is 0 Å². The third-order valence-electron chi connectivity index (χ3n) is 3.71. The molecule has 1 aliphatic rings. The first-order chi connectivity index (χ1) is 10.3. The number of thiol groups is 1. The van der Waals surface area contributed by atoms with Gasteiger partial charge in [-0.3, -0.25) is 0 Å². The van der Waals surface area contributed by atoms with Crippen LogP contribution < -0.4 is 0 Å². The van der Waals surface area contributed by atoms with Crippen LogP contribution in [0.2, 0.25) is 0 Å².